The number of carbonyl (C=O) groups excluding carboxylic acids is 1. The minimum absolute atomic E-state index is 0.141. The predicted octanol–water partition coefficient (Wildman–Crippen LogP) is -1.33. The van der Waals surface area contributed by atoms with Crippen molar-refractivity contribution in [3.05, 3.63) is 12.2 Å². The van der Waals surface area contributed by atoms with E-state index in [0.29, 0.717) is 0 Å². The normalized spacial score (nSPS) is 9.00. The molecule has 0 atom stereocenters. The predicted molar refractivity (Wildman–Crippen MR) is 26.0 cm³/mol. The van der Waals surface area contributed by atoms with E-state index in [2.05, 4.69) is 14.7 Å². The molecule has 6 nitrogen and oxygen atoms in total. The van der Waals surface area contributed by atoms with Crippen molar-refractivity contribution in [1.29, 1.82) is 0 Å². The first-order valence-corrected chi connectivity index (χ1v) is 2.12. The lowest BCUT2D eigenvalue weighted by atomic mass is 10.6. The fourth-order valence-electron chi connectivity index (χ4n) is 0.335. The second kappa shape index (κ2) is 2.23. The number of hydrogen-bond acceptors (Lipinski definition) is 5. The number of carbonyl (C=O) groups is 1. The zero-order valence-corrected chi connectivity index (χ0v) is 4.37. The van der Waals surface area contributed by atoms with Gasteiger partial charge in [0.15, 0.2) is 6.33 Å². The van der Waals surface area contributed by atoms with Crippen LogP contribution >= 0.6 is 0 Å². The van der Waals surface area contributed by atoms with Gasteiger partial charge in [0, 0.05) is 0 Å². The van der Waals surface area contributed by atoms with Gasteiger partial charge in [-0.05, 0) is 0 Å². The van der Waals surface area contributed by atoms with Crippen LogP contribution in [0.1, 0.15) is 10.7 Å². The van der Waals surface area contributed by atoms with Gasteiger partial charge in [-0.3, -0.25) is 10.2 Å². The Kier molecular flexibility index (Phi) is 1.41. The van der Waals surface area contributed by atoms with E-state index in [-0.39, 0.29) is 5.89 Å². The molecule has 0 radical (unpaired) electrons. The molecule has 0 bridgehead atoms. The molecular formula is C3H4N4O2. The molecule has 3 N–H and O–H groups in total. The highest BCUT2D eigenvalue weighted by Crippen LogP contribution is 1.86. The van der Waals surface area contributed by atoms with Crippen molar-refractivity contribution in [2.75, 3.05) is 0 Å². The molecule has 9 heavy (non-hydrogen) atoms. The average Bonchev–Trinajstić information content (AvgIpc) is 2.37. The van der Waals surface area contributed by atoms with E-state index in [4.69, 9.17) is 5.84 Å². The summed E-state index contributed by atoms with van der Waals surface area (Å²) in [4.78, 5) is 13.9. The fraction of sp³-hybridized carbons (Fsp3) is 0. The van der Waals surface area contributed by atoms with E-state index in [1.165, 1.54) is 0 Å². The number of amides is 1. The van der Waals surface area contributed by atoms with E-state index < -0.39 is 5.91 Å². The quantitative estimate of drug-likeness (QED) is 0.277. The smallest absolute Gasteiger partial charge is 0.323 e. The van der Waals surface area contributed by atoms with Gasteiger partial charge in [-0.25, -0.2) is 5.84 Å². The van der Waals surface area contributed by atoms with Crippen molar-refractivity contribution < 1.29 is 9.32 Å². The van der Waals surface area contributed by atoms with Gasteiger partial charge >= 0.3 is 11.8 Å². The van der Waals surface area contributed by atoms with Crippen molar-refractivity contribution >= 4 is 5.91 Å². The summed E-state index contributed by atoms with van der Waals surface area (Å²) in [7, 11) is 0. The van der Waals surface area contributed by atoms with Gasteiger partial charge in [0.05, 0.1) is 0 Å². The first-order valence-electron chi connectivity index (χ1n) is 2.12. The molecule has 0 saturated heterocycles. The van der Waals surface area contributed by atoms with E-state index in [1.54, 1.807) is 0 Å². The minimum atomic E-state index is -0.590. The number of aromatic nitrogens is 2. The third-order valence-corrected chi connectivity index (χ3v) is 0.687. The van der Waals surface area contributed by atoms with Crippen molar-refractivity contribution in [1.82, 2.24) is 15.6 Å². The summed E-state index contributed by atoms with van der Waals surface area (Å²) in [5.41, 5.74) is 1.83. The van der Waals surface area contributed by atoms with Crippen LogP contribution in [0.3, 0.4) is 0 Å². The zero-order valence-electron chi connectivity index (χ0n) is 4.37. The molecule has 0 unspecified atom stereocenters. The van der Waals surface area contributed by atoms with E-state index in [0.717, 1.165) is 6.33 Å². The van der Waals surface area contributed by atoms with Crippen LogP contribution in [-0.4, -0.2) is 16.0 Å². The summed E-state index contributed by atoms with van der Waals surface area (Å²) < 4.78 is 4.33. The Balaban J connectivity index is 2.77. The Morgan fingerprint density at radius 2 is 2.67 bits per heavy atom. The molecule has 0 spiro atoms. The molecule has 0 aromatic carbocycles. The summed E-state index contributed by atoms with van der Waals surface area (Å²) in [5, 5.41) is 3.19. The topological polar surface area (TPSA) is 94.0 Å². The maximum Gasteiger partial charge on any atom is 0.323 e. The van der Waals surface area contributed by atoms with Gasteiger partial charge in [0.25, 0.3) is 0 Å². The van der Waals surface area contributed by atoms with Gasteiger partial charge in [0.1, 0.15) is 0 Å². The van der Waals surface area contributed by atoms with Gasteiger partial charge in [-0.1, -0.05) is 5.16 Å². The largest absolute Gasteiger partial charge is 0.329 e. The molecule has 1 heterocycles. The van der Waals surface area contributed by atoms with Crippen LogP contribution in [0.5, 0.6) is 0 Å². The molecule has 0 saturated carbocycles. The summed E-state index contributed by atoms with van der Waals surface area (Å²) in [5.74, 6) is 4.00. The summed E-state index contributed by atoms with van der Waals surface area (Å²) in [6.45, 7) is 0. The van der Waals surface area contributed by atoms with Crippen LogP contribution in [0.2, 0.25) is 0 Å². The molecule has 0 aliphatic rings. The summed E-state index contributed by atoms with van der Waals surface area (Å²) in [6, 6.07) is 0. The number of hydrazine groups is 1. The lowest BCUT2D eigenvalue weighted by molar-refractivity contribution is 0.0910. The molecular weight excluding hydrogens is 124 g/mol. The Hall–Kier alpha value is -1.43. The van der Waals surface area contributed by atoms with Crippen molar-refractivity contribution in [2.24, 2.45) is 5.84 Å². The maximum absolute atomic E-state index is 10.4. The van der Waals surface area contributed by atoms with E-state index >= 15 is 0 Å². The van der Waals surface area contributed by atoms with Crippen molar-refractivity contribution in [2.45, 2.75) is 0 Å². The molecule has 0 aliphatic carbocycles. The van der Waals surface area contributed by atoms with Gasteiger partial charge in [0.2, 0.25) is 0 Å². The number of nitrogens with one attached hydrogen (secondary N) is 1. The molecule has 1 rings (SSSR count). The summed E-state index contributed by atoms with van der Waals surface area (Å²) in [6.07, 6.45) is 1.12. The van der Waals surface area contributed by atoms with E-state index in [1.807, 2.05) is 5.43 Å². The molecule has 1 aromatic heterocycles. The Morgan fingerprint density at radius 3 is 3.11 bits per heavy atom. The number of nitrogen functional groups attached to an aromatic ring is 1. The minimum Gasteiger partial charge on any atom is -0.329 e. The number of nitrogens with zero attached hydrogens (tertiary/aromatic N) is 2. The number of rotatable bonds is 1. The Morgan fingerprint density at radius 1 is 1.89 bits per heavy atom. The summed E-state index contributed by atoms with van der Waals surface area (Å²) >= 11 is 0. The first-order chi connectivity index (χ1) is 4.34. The Bertz CT molecular complexity index is 194. The van der Waals surface area contributed by atoms with Crippen LogP contribution < -0.4 is 11.3 Å². The van der Waals surface area contributed by atoms with Gasteiger partial charge in [-0.2, -0.15) is 4.98 Å². The Labute approximate surface area is 50.0 Å². The highest BCUT2D eigenvalue weighted by Gasteiger charge is 2.07. The van der Waals surface area contributed by atoms with Gasteiger partial charge < -0.3 is 4.52 Å². The lowest BCUT2D eigenvalue weighted by Gasteiger charge is -1.86. The highest BCUT2D eigenvalue weighted by atomic mass is 16.5. The second-order valence-electron chi connectivity index (χ2n) is 1.22. The fourth-order valence-corrected chi connectivity index (χ4v) is 0.335. The third-order valence-electron chi connectivity index (χ3n) is 0.687. The van der Waals surface area contributed by atoms with Crippen molar-refractivity contribution in [3.8, 4) is 0 Å². The standard InChI is InChI=1S/C3H4N4O2/c4-7-2(8)3-5-1-6-9-3/h1H,4H2,(H,7,8). The lowest BCUT2D eigenvalue weighted by Crippen LogP contribution is -2.30. The molecule has 0 aliphatic heterocycles. The third kappa shape index (κ3) is 1.03. The van der Waals surface area contributed by atoms with Crippen LogP contribution in [-0.2, 0) is 0 Å². The molecule has 1 amide bonds. The maximum atomic E-state index is 10.4. The van der Waals surface area contributed by atoms with Crippen LogP contribution in [0, 0.1) is 0 Å². The van der Waals surface area contributed by atoms with E-state index in [9.17, 15) is 4.79 Å². The van der Waals surface area contributed by atoms with Crippen molar-refractivity contribution in [3.63, 3.8) is 0 Å². The molecule has 48 valence electrons. The second-order valence-corrected chi connectivity index (χ2v) is 1.22. The average molecular weight is 128 g/mol. The van der Waals surface area contributed by atoms with Crippen LogP contribution in [0.25, 0.3) is 0 Å². The molecule has 0 fully saturated rings. The SMILES string of the molecule is NNC(=O)c1ncno1. The zero-order chi connectivity index (χ0) is 6.69. The number of nitrogens with two attached hydrogens (primary N) is 1. The van der Waals surface area contributed by atoms with Crippen LogP contribution in [0.4, 0.5) is 0 Å². The van der Waals surface area contributed by atoms with Crippen LogP contribution in [0.15, 0.2) is 10.9 Å². The van der Waals surface area contributed by atoms with Gasteiger partial charge in [-0.15, -0.1) is 0 Å². The number of hydrogen-bond donors (Lipinski definition) is 2. The monoisotopic (exact) mass is 128 g/mol. The molecule has 6 heteroatoms. The first kappa shape index (κ1) is 5.70. The highest BCUT2D eigenvalue weighted by molar-refractivity contribution is 5.88. The molecule has 1 aromatic rings.